The third-order valence-corrected chi connectivity index (χ3v) is 3.51. The van der Waals surface area contributed by atoms with Gasteiger partial charge in [-0.25, -0.2) is 14.2 Å². The average molecular weight is 387 g/mol. The minimum atomic E-state index is -0.725. The number of ether oxygens (including phenoxy) is 2. The third kappa shape index (κ3) is 7.02. The van der Waals surface area contributed by atoms with E-state index in [0.29, 0.717) is 6.61 Å². The summed E-state index contributed by atoms with van der Waals surface area (Å²) in [6.45, 7) is 9.44. The number of nitrogens with zero attached hydrogens (tertiary/aromatic N) is 2. The van der Waals surface area contributed by atoms with E-state index < -0.39 is 29.6 Å². The Labute approximate surface area is 157 Å². The number of aromatic nitrogens is 1. The van der Waals surface area contributed by atoms with E-state index in [-0.39, 0.29) is 23.1 Å². The summed E-state index contributed by atoms with van der Waals surface area (Å²) in [5, 5.41) is 14.3. The van der Waals surface area contributed by atoms with Gasteiger partial charge in [0, 0.05) is 6.61 Å². The van der Waals surface area contributed by atoms with Crippen LogP contribution in [0.25, 0.3) is 0 Å². The Morgan fingerprint density at radius 2 is 2.15 bits per heavy atom. The summed E-state index contributed by atoms with van der Waals surface area (Å²) in [7, 11) is 0. The van der Waals surface area contributed by atoms with Gasteiger partial charge in [-0.05, 0) is 40.7 Å². The minimum absolute atomic E-state index is 0.0593. The lowest BCUT2D eigenvalue weighted by Gasteiger charge is -2.28. The minimum Gasteiger partial charge on any atom is -0.444 e. The molecule has 0 bridgehead atoms. The number of carbonyl (C=O) groups is 1. The van der Waals surface area contributed by atoms with Gasteiger partial charge in [-0.1, -0.05) is 11.6 Å². The monoisotopic (exact) mass is 386 g/mol. The Kier molecular flexibility index (Phi) is 8.06. The van der Waals surface area contributed by atoms with E-state index >= 15 is 0 Å². The van der Waals surface area contributed by atoms with Gasteiger partial charge in [0.15, 0.2) is 11.6 Å². The molecule has 0 aromatic carbocycles. The Bertz CT molecular complexity index is 673. The van der Waals surface area contributed by atoms with Crippen LogP contribution in [0.15, 0.2) is 6.07 Å². The molecule has 2 atom stereocenters. The first-order valence-electron chi connectivity index (χ1n) is 8.17. The van der Waals surface area contributed by atoms with Gasteiger partial charge in [-0.2, -0.15) is 5.26 Å². The highest BCUT2D eigenvalue weighted by molar-refractivity contribution is 6.30. The molecule has 144 valence electrons. The van der Waals surface area contributed by atoms with Crippen molar-refractivity contribution in [3.63, 3.8) is 0 Å². The molecule has 0 spiro atoms. The zero-order valence-electron chi connectivity index (χ0n) is 15.5. The van der Waals surface area contributed by atoms with Gasteiger partial charge in [0.1, 0.15) is 16.8 Å². The smallest absolute Gasteiger partial charge is 0.407 e. The number of nitrogens with one attached hydrogen (secondary N) is 2. The summed E-state index contributed by atoms with van der Waals surface area (Å²) in [6, 6.07) is 1.79. The highest BCUT2D eigenvalue weighted by Gasteiger charge is 2.24. The molecule has 0 aliphatic rings. The topological polar surface area (TPSA) is 96.3 Å². The molecule has 9 heteroatoms. The van der Waals surface area contributed by atoms with E-state index in [9.17, 15) is 9.18 Å². The molecule has 7 nitrogen and oxygen atoms in total. The summed E-state index contributed by atoms with van der Waals surface area (Å²) in [4.78, 5) is 15.8. The van der Waals surface area contributed by atoms with Crippen LogP contribution >= 0.6 is 11.6 Å². The van der Waals surface area contributed by atoms with Gasteiger partial charge in [0.25, 0.3) is 0 Å². The fourth-order valence-electron chi connectivity index (χ4n) is 1.97. The van der Waals surface area contributed by atoms with E-state index in [2.05, 4.69) is 15.6 Å². The van der Waals surface area contributed by atoms with Crippen LogP contribution < -0.4 is 10.6 Å². The molecule has 0 aliphatic heterocycles. The molecule has 1 amide bonds. The van der Waals surface area contributed by atoms with Crippen molar-refractivity contribution in [1.82, 2.24) is 10.3 Å². The molecule has 1 aromatic heterocycles. The molecule has 0 radical (unpaired) electrons. The zero-order chi connectivity index (χ0) is 19.9. The number of amides is 1. The maximum atomic E-state index is 14.2. The van der Waals surface area contributed by atoms with Gasteiger partial charge < -0.3 is 20.1 Å². The molecule has 0 aliphatic carbocycles. The maximum absolute atomic E-state index is 14.2. The number of hydrogen-bond acceptors (Lipinski definition) is 6. The van der Waals surface area contributed by atoms with Crippen molar-refractivity contribution in [3.8, 4) is 6.07 Å². The quantitative estimate of drug-likeness (QED) is 0.696. The normalized spacial score (nSPS) is 13.5. The first-order chi connectivity index (χ1) is 12.1. The molecule has 0 saturated heterocycles. The van der Waals surface area contributed by atoms with Crippen molar-refractivity contribution < 1.29 is 18.7 Å². The van der Waals surface area contributed by atoms with Crippen LogP contribution in [0, 0.1) is 17.1 Å². The molecule has 0 saturated carbocycles. The van der Waals surface area contributed by atoms with Gasteiger partial charge in [0.05, 0.1) is 24.3 Å². The summed E-state index contributed by atoms with van der Waals surface area (Å²) in [5.41, 5.74) is -0.697. The maximum Gasteiger partial charge on any atom is 0.407 e. The fraction of sp³-hybridized carbons (Fsp3) is 0.588. The zero-order valence-corrected chi connectivity index (χ0v) is 16.3. The number of nitriles is 1. The van der Waals surface area contributed by atoms with Crippen molar-refractivity contribution in [1.29, 1.82) is 5.26 Å². The number of anilines is 1. The number of hydrogen-bond donors (Lipinski definition) is 2. The standard InChI is InChI=1S/C17H24ClFN4O3/c1-6-25-9-13(10(2)21-16(24)26-17(3,4)5)22-15-12(19)7-11(8-20)14(18)23-15/h7,10,13H,6,9H2,1-5H3,(H,21,24)(H,22,23)/t10-,13+/m0/s1. The second-order valence-corrected chi connectivity index (χ2v) is 6.97. The summed E-state index contributed by atoms with van der Waals surface area (Å²) in [5.74, 6) is -0.853. The number of rotatable bonds is 7. The molecule has 26 heavy (non-hydrogen) atoms. The molecule has 2 N–H and O–H groups in total. The molecule has 0 unspecified atom stereocenters. The number of carbonyl (C=O) groups excluding carboxylic acids is 1. The van der Waals surface area contributed by atoms with E-state index in [1.165, 1.54) is 0 Å². The number of pyridine rings is 1. The van der Waals surface area contributed by atoms with Crippen molar-refractivity contribution in [3.05, 3.63) is 22.6 Å². The Morgan fingerprint density at radius 1 is 1.50 bits per heavy atom. The molecule has 0 fully saturated rings. The Hall–Kier alpha value is -2.11. The van der Waals surface area contributed by atoms with Crippen LogP contribution in [0.4, 0.5) is 15.0 Å². The highest BCUT2D eigenvalue weighted by atomic mass is 35.5. The van der Waals surface area contributed by atoms with Gasteiger partial charge in [-0.15, -0.1) is 0 Å². The number of halogens is 2. The van der Waals surface area contributed by atoms with Crippen LogP contribution in [0.2, 0.25) is 5.15 Å². The lowest BCUT2D eigenvalue weighted by atomic mass is 10.1. The van der Waals surface area contributed by atoms with E-state index in [1.807, 2.05) is 6.92 Å². The predicted octanol–water partition coefficient (Wildman–Crippen LogP) is 3.48. The first kappa shape index (κ1) is 21.9. The third-order valence-electron chi connectivity index (χ3n) is 3.22. The lowest BCUT2D eigenvalue weighted by Crippen LogP contribution is -2.48. The second-order valence-electron chi connectivity index (χ2n) is 6.61. The van der Waals surface area contributed by atoms with E-state index in [4.69, 9.17) is 26.3 Å². The number of alkyl carbamates (subject to hydrolysis) is 1. The molecule has 1 heterocycles. The highest BCUT2D eigenvalue weighted by Crippen LogP contribution is 2.21. The Morgan fingerprint density at radius 3 is 2.69 bits per heavy atom. The summed E-state index contributed by atoms with van der Waals surface area (Å²) in [6.07, 6.45) is -0.598. The van der Waals surface area contributed by atoms with Crippen LogP contribution in [0.5, 0.6) is 0 Å². The second kappa shape index (κ2) is 9.55. The van der Waals surface area contributed by atoms with Crippen LogP contribution in [-0.2, 0) is 9.47 Å². The predicted molar refractivity (Wildman–Crippen MR) is 96.7 cm³/mol. The summed E-state index contributed by atoms with van der Waals surface area (Å²) >= 11 is 5.86. The van der Waals surface area contributed by atoms with E-state index in [0.717, 1.165) is 6.07 Å². The van der Waals surface area contributed by atoms with Crippen LogP contribution in [0.1, 0.15) is 40.2 Å². The average Bonchev–Trinajstić information content (AvgIpc) is 2.51. The largest absolute Gasteiger partial charge is 0.444 e. The van der Waals surface area contributed by atoms with Crippen molar-refractivity contribution in [2.45, 2.75) is 52.3 Å². The van der Waals surface area contributed by atoms with Gasteiger partial charge in [0.2, 0.25) is 0 Å². The molecule has 1 rings (SSSR count). The van der Waals surface area contributed by atoms with Gasteiger partial charge in [-0.3, -0.25) is 0 Å². The van der Waals surface area contributed by atoms with Crippen molar-refractivity contribution >= 4 is 23.5 Å². The first-order valence-corrected chi connectivity index (χ1v) is 8.55. The lowest BCUT2D eigenvalue weighted by molar-refractivity contribution is 0.0488. The Balaban J connectivity index is 2.91. The van der Waals surface area contributed by atoms with Crippen LogP contribution in [-0.4, -0.2) is 42.0 Å². The SMILES string of the molecule is CCOC[C@@H](Nc1nc(Cl)c(C#N)cc1F)[C@H](C)NC(=O)OC(C)(C)C. The van der Waals surface area contributed by atoms with Crippen molar-refractivity contribution in [2.75, 3.05) is 18.5 Å². The van der Waals surface area contributed by atoms with Gasteiger partial charge >= 0.3 is 6.09 Å². The molecular weight excluding hydrogens is 363 g/mol. The molecule has 1 aromatic rings. The fourth-order valence-corrected chi connectivity index (χ4v) is 2.15. The van der Waals surface area contributed by atoms with Crippen molar-refractivity contribution in [2.24, 2.45) is 0 Å². The summed E-state index contributed by atoms with van der Waals surface area (Å²) < 4.78 is 24.8. The van der Waals surface area contributed by atoms with E-state index in [1.54, 1.807) is 33.8 Å². The van der Waals surface area contributed by atoms with Crippen LogP contribution in [0.3, 0.4) is 0 Å². The molecular formula is C17H24ClFN4O3.